The fraction of sp³-hybridized carbons (Fsp3) is 0.158. The van der Waals surface area contributed by atoms with E-state index in [0.29, 0.717) is 16.2 Å². The molecule has 31 heavy (non-hydrogen) atoms. The van der Waals surface area contributed by atoms with Gasteiger partial charge in [-0.3, -0.25) is 4.79 Å². The lowest BCUT2D eigenvalue weighted by atomic mass is 10.3. The summed E-state index contributed by atoms with van der Waals surface area (Å²) in [7, 11) is 0. The van der Waals surface area contributed by atoms with Gasteiger partial charge in [-0.15, -0.1) is 10.2 Å². The summed E-state index contributed by atoms with van der Waals surface area (Å²) in [5.74, 6) is -1.42. The Kier molecular flexibility index (Phi) is 5.88. The number of rotatable bonds is 6. The molecule has 2 aromatic carbocycles. The highest BCUT2D eigenvalue weighted by Crippen LogP contribution is 2.32. The van der Waals surface area contributed by atoms with E-state index in [9.17, 15) is 18.0 Å². The molecule has 0 unspecified atom stereocenters. The zero-order valence-electron chi connectivity index (χ0n) is 15.6. The van der Waals surface area contributed by atoms with Crippen molar-refractivity contribution >= 4 is 46.0 Å². The number of carbonyl (C=O) groups is 1. The molecule has 4 aromatic rings. The summed E-state index contributed by atoms with van der Waals surface area (Å²) in [6.45, 7) is -0.306. The number of anilines is 1. The van der Waals surface area contributed by atoms with Crippen molar-refractivity contribution < 1.29 is 22.4 Å². The van der Waals surface area contributed by atoms with Crippen LogP contribution in [-0.2, 0) is 17.5 Å². The molecule has 0 aliphatic heterocycles. The van der Waals surface area contributed by atoms with E-state index < -0.39 is 12.0 Å². The third-order valence-electron chi connectivity index (χ3n) is 4.10. The highest BCUT2D eigenvalue weighted by molar-refractivity contribution is 7.99. The summed E-state index contributed by atoms with van der Waals surface area (Å²) < 4.78 is 46.6. The van der Waals surface area contributed by atoms with E-state index in [0.717, 1.165) is 16.3 Å². The number of amides is 1. The first kappa shape index (κ1) is 21.2. The molecule has 2 aromatic heterocycles. The van der Waals surface area contributed by atoms with Crippen molar-refractivity contribution in [2.45, 2.75) is 17.9 Å². The minimum absolute atomic E-state index is 0.0218. The molecule has 160 valence electrons. The van der Waals surface area contributed by atoms with Crippen molar-refractivity contribution in [2.24, 2.45) is 0 Å². The first-order valence-corrected chi connectivity index (χ1v) is 10.2. The number of hydrogen-bond donors (Lipinski definition) is 1. The van der Waals surface area contributed by atoms with Crippen LogP contribution in [0.1, 0.15) is 11.7 Å². The molecule has 0 spiro atoms. The van der Waals surface area contributed by atoms with Gasteiger partial charge in [0.15, 0.2) is 0 Å². The molecular formula is C19H13ClF3N5O2S. The second-order valence-corrected chi connectivity index (χ2v) is 7.68. The maximum atomic E-state index is 13.4. The molecule has 1 amide bonds. The lowest BCUT2D eigenvalue weighted by Crippen LogP contribution is -2.15. The Bertz CT molecular complexity index is 1220. The van der Waals surface area contributed by atoms with Crippen LogP contribution < -0.4 is 5.32 Å². The van der Waals surface area contributed by atoms with Crippen molar-refractivity contribution in [3.05, 3.63) is 65.3 Å². The highest BCUT2D eigenvalue weighted by atomic mass is 35.5. The Morgan fingerprint density at radius 1 is 1.13 bits per heavy atom. The van der Waals surface area contributed by atoms with Gasteiger partial charge < -0.3 is 14.3 Å². The number of fused-ring (bicyclic) bond motifs is 1. The van der Waals surface area contributed by atoms with Crippen LogP contribution in [0.15, 0.2) is 58.2 Å². The topological polar surface area (TPSA) is 85.8 Å². The number of hydrogen-bond acceptors (Lipinski definition) is 6. The summed E-state index contributed by atoms with van der Waals surface area (Å²) in [5, 5.41) is 10.9. The SMILES string of the molecule is O=C(CSc1nnc(Cn2c(C(F)(F)F)nc3ccccc32)o1)Nc1ccc(Cl)cc1. The van der Waals surface area contributed by atoms with Gasteiger partial charge in [-0.05, 0) is 36.4 Å². The molecule has 4 rings (SSSR count). The minimum atomic E-state index is -4.64. The number of halogens is 4. The van der Waals surface area contributed by atoms with Gasteiger partial charge in [0.25, 0.3) is 5.22 Å². The number of aromatic nitrogens is 4. The molecule has 0 fully saturated rings. The van der Waals surface area contributed by atoms with Gasteiger partial charge in [0.05, 0.1) is 16.8 Å². The largest absolute Gasteiger partial charge is 0.449 e. The fourth-order valence-corrected chi connectivity index (χ4v) is 3.51. The maximum absolute atomic E-state index is 13.4. The molecular weight excluding hydrogens is 455 g/mol. The van der Waals surface area contributed by atoms with Crippen molar-refractivity contribution in [1.29, 1.82) is 0 Å². The maximum Gasteiger partial charge on any atom is 0.449 e. The molecule has 1 N–H and O–H groups in total. The second kappa shape index (κ2) is 8.60. The van der Waals surface area contributed by atoms with E-state index >= 15 is 0 Å². The van der Waals surface area contributed by atoms with Crippen LogP contribution in [-0.4, -0.2) is 31.4 Å². The van der Waals surface area contributed by atoms with Crippen molar-refractivity contribution in [3.63, 3.8) is 0 Å². The quantitative estimate of drug-likeness (QED) is 0.407. The van der Waals surface area contributed by atoms with Crippen LogP contribution in [0.2, 0.25) is 5.02 Å². The van der Waals surface area contributed by atoms with Gasteiger partial charge in [0.1, 0.15) is 6.54 Å². The Balaban J connectivity index is 1.44. The molecule has 0 radical (unpaired) electrons. The van der Waals surface area contributed by atoms with E-state index in [2.05, 4.69) is 20.5 Å². The second-order valence-electron chi connectivity index (χ2n) is 6.31. The molecule has 0 saturated carbocycles. The van der Waals surface area contributed by atoms with Crippen molar-refractivity contribution in [3.8, 4) is 0 Å². The summed E-state index contributed by atoms with van der Waals surface area (Å²) >= 11 is 6.77. The van der Waals surface area contributed by atoms with Gasteiger partial charge in [-0.1, -0.05) is 35.5 Å². The van der Waals surface area contributed by atoms with E-state index in [1.807, 2.05) is 0 Å². The number of carbonyl (C=O) groups excluding carboxylic acids is 1. The number of para-hydroxylation sites is 2. The molecule has 0 aliphatic carbocycles. The van der Waals surface area contributed by atoms with Gasteiger partial charge in [0.2, 0.25) is 17.6 Å². The lowest BCUT2D eigenvalue weighted by Gasteiger charge is -2.09. The number of nitrogens with one attached hydrogen (secondary N) is 1. The first-order chi connectivity index (χ1) is 14.8. The molecule has 0 aliphatic rings. The zero-order valence-corrected chi connectivity index (χ0v) is 17.1. The van der Waals surface area contributed by atoms with E-state index in [1.54, 1.807) is 36.4 Å². The minimum Gasteiger partial charge on any atom is -0.414 e. The molecule has 0 bridgehead atoms. The Hall–Kier alpha value is -3.05. The van der Waals surface area contributed by atoms with Crippen LogP contribution >= 0.6 is 23.4 Å². The van der Waals surface area contributed by atoms with Gasteiger partial charge in [-0.2, -0.15) is 13.2 Å². The van der Waals surface area contributed by atoms with Crippen LogP contribution in [0.25, 0.3) is 11.0 Å². The Morgan fingerprint density at radius 2 is 1.87 bits per heavy atom. The fourth-order valence-electron chi connectivity index (χ4n) is 2.81. The predicted molar refractivity (Wildman–Crippen MR) is 109 cm³/mol. The Labute approximate surface area is 182 Å². The van der Waals surface area contributed by atoms with Gasteiger partial charge in [0, 0.05) is 10.7 Å². The van der Waals surface area contributed by atoms with Crippen molar-refractivity contribution in [1.82, 2.24) is 19.7 Å². The first-order valence-electron chi connectivity index (χ1n) is 8.82. The number of alkyl halides is 3. The summed E-state index contributed by atoms with van der Waals surface area (Å²) in [5.41, 5.74) is 1.08. The molecule has 7 nitrogen and oxygen atoms in total. The summed E-state index contributed by atoms with van der Waals surface area (Å²) in [4.78, 5) is 15.7. The highest BCUT2D eigenvalue weighted by Gasteiger charge is 2.38. The molecule has 0 atom stereocenters. The monoisotopic (exact) mass is 467 g/mol. The number of thioether (sulfide) groups is 1. The summed E-state index contributed by atoms with van der Waals surface area (Å²) in [6, 6.07) is 12.9. The number of nitrogens with zero attached hydrogens (tertiary/aromatic N) is 4. The van der Waals surface area contributed by atoms with Crippen LogP contribution in [0, 0.1) is 0 Å². The van der Waals surface area contributed by atoms with E-state index in [1.165, 1.54) is 12.1 Å². The third kappa shape index (κ3) is 5.00. The van der Waals surface area contributed by atoms with Gasteiger partial charge >= 0.3 is 6.18 Å². The summed E-state index contributed by atoms with van der Waals surface area (Å²) in [6.07, 6.45) is -4.64. The van der Waals surface area contributed by atoms with Crippen LogP contribution in [0.3, 0.4) is 0 Å². The third-order valence-corrected chi connectivity index (χ3v) is 5.17. The van der Waals surface area contributed by atoms with Crippen molar-refractivity contribution in [2.75, 3.05) is 11.1 Å². The number of benzene rings is 2. The average Bonchev–Trinajstić information content (AvgIpc) is 3.33. The molecule has 12 heteroatoms. The van der Waals surface area contributed by atoms with E-state index in [4.69, 9.17) is 16.0 Å². The van der Waals surface area contributed by atoms with Crippen LogP contribution in [0.5, 0.6) is 0 Å². The normalized spacial score (nSPS) is 11.7. The Morgan fingerprint density at radius 3 is 2.61 bits per heavy atom. The van der Waals surface area contributed by atoms with Crippen LogP contribution in [0.4, 0.5) is 18.9 Å². The zero-order chi connectivity index (χ0) is 22.0. The lowest BCUT2D eigenvalue weighted by molar-refractivity contribution is -0.146. The molecule has 0 saturated heterocycles. The predicted octanol–water partition coefficient (Wildman–Crippen LogP) is 4.87. The van der Waals surface area contributed by atoms with E-state index in [-0.39, 0.29) is 34.8 Å². The standard InChI is InChI=1S/C19H13ClF3N5O2S/c20-11-5-7-12(8-6-11)24-15(29)10-31-18-27-26-16(30-18)9-28-14-4-2-1-3-13(14)25-17(28)19(21,22)23/h1-8H,9-10H2,(H,24,29). The molecule has 2 heterocycles. The average molecular weight is 468 g/mol. The van der Waals surface area contributed by atoms with Gasteiger partial charge in [-0.25, -0.2) is 4.98 Å². The number of imidazole rings is 1. The smallest absolute Gasteiger partial charge is 0.414 e.